The highest BCUT2D eigenvalue weighted by molar-refractivity contribution is 6.07. The van der Waals surface area contributed by atoms with Crippen LogP contribution in [-0.2, 0) is 16.8 Å². The fourth-order valence-electron chi connectivity index (χ4n) is 3.07. The highest BCUT2D eigenvalue weighted by Gasteiger charge is 2.38. The number of benzene rings is 2. The van der Waals surface area contributed by atoms with Gasteiger partial charge in [0.15, 0.2) is 0 Å². The van der Waals surface area contributed by atoms with E-state index in [2.05, 4.69) is 15.5 Å². The Kier molecular flexibility index (Phi) is 5.70. The first-order chi connectivity index (χ1) is 13.3. The summed E-state index contributed by atoms with van der Waals surface area (Å²) in [7, 11) is 4.01. The maximum Gasteiger partial charge on any atom is 0.251 e. The van der Waals surface area contributed by atoms with Crippen molar-refractivity contribution in [2.75, 3.05) is 32.6 Å². The van der Waals surface area contributed by atoms with Crippen molar-refractivity contribution in [2.45, 2.75) is 25.8 Å². The molecule has 0 unspecified atom stereocenters. The summed E-state index contributed by atoms with van der Waals surface area (Å²) in [5.41, 5.74) is 2.57. The van der Waals surface area contributed by atoms with Crippen molar-refractivity contribution < 1.29 is 14.3 Å². The second-order valence-electron chi connectivity index (χ2n) is 7.82. The molecule has 1 aliphatic rings. The molecule has 0 aromatic heterocycles. The van der Waals surface area contributed by atoms with Crippen LogP contribution in [0.2, 0.25) is 0 Å². The van der Waals surface area contributed by atoms with E-state index in [9.17, 15) is 9.59 Å². The number of anilines is 1. The number of hydrogen-bond donors (Lipinski definition) is 2. The Bertz CT molecular complexity index is 873. The zero-order valence-corrected chi connectivity index (χ0v) is 16.8. The fraction of sp³-hybridized carbons (Fsp3) is 0.364. The van der Waals surface area contributed by atoms with Crippen LogP contribution in [0.1, 0.15) is 35.3 Å². The Morgan fingerprint density at radius 1 is 1.14 bits per heavy atom. The molecule has 0 saturated heterocycles. The molecule has 2 aromatic carbocycles. The molecular formula is C22H27N3O3. The minimum atomic E-state index is -0.569. The Balaban J connectivity index is 1.56. The second-order valence-corrected chi connectivity index (χ2v) is 7.82. The average molecular weight is 381 g/mol. The van der Waals surface area contributed by atoms with Crippen molar-refractivity contribution in [1.29, 1.82) is 0 Å². The number of nitrogens with zero attached hydrogens (tertiary/aromatic N) is 1. The summed E-state index contributed by atoms with van der Waals surface area (Å²) in [6.07, 6.45) is 0. The maximum atomic E-state index is 12.5. The number of likely N-dealkylation sites (N-methyl/N-ethyl adjacent to an activating group) is 1. The van der Waals surface area contributed by atoms with Gasteiger partial charge < -0.3 is 20.3 Å². The third-order valence-electron chi connectivity index (χ3n) is 4.95. The third kappa shape index (κ3) is 4.34. The minimum absolute atomic E-state index is 0.0482. The molecule has 0 bridgehead atoms. The molecule has 3 rings (SSSR count). The summed E-state index contributed by atoms with van der Waals surface area (Å²) in [5.74, 6) is 0.593. The standard InChI is InChI=1S/C22H27N3O3/c1-22(2)18-10-7-16(13-19(18)24-21(22)27)20(26)23-14-15-5-8-17(9-6-15)28-12-11-25(3)4/h5-10,13H,11-12,14H2,1-4H3,(H,23,26)(H,24,27). The number of carbonyl (C=O) groups excluding carboxylic acids is 2. The van der Waals surface area contributed by atoms with Crippen molar-refractivity contribution in [3.8, 4) is 5.75 Å². The Hall–Kier alpha value is -2.86. The van der Waals surface area contributed by atoms with Crippen LogP contribution in [0, 0.1) is 0 Å². The second kappa shape index (κ2) is 8.02. The predicted octanol–water partition coefficient (Wildman–Crippen LogP) is 2.79. The molecule has 0 saturated carbocycles. The van der Waals surface area contributed by atoms with E-state index in [1.54, 1.807) is 12.1 Å². The first kappa shape index (κ1) is 19.9. The summed E-state index contributed by atoms with van der Waals surface area (Å²) in [6, 6.07) is 13.0. The van der Waals surface area contributed by atoms with E-state index in [1.165, 1.54) is 0 Å². The molecule has 1 aliphatic heterocycles. The van der Waals surface area contributed by atoms with Crippen LogP contribution in [0.3, 0.4) is 0 Å². The lowest BCUT2D eigenvalue weighted by Crippen LogP contribution is -2.26. The highest BCUT2D eigenvalue weighted by atomic mass is 16.5. The molecule has 2 amide bonds. The summed E-state index contributed by atoms with van der Waals surface area (Å²) in [5, 5.41) is 5.77. The SMILES string of the molecule is CN(C)CCOc1ccc(CNC(=O)c2ccc3c(c2)NC(=O)C3(C)C)cc1. The third-order valence-corrected chi connectivity index (χ3v) is 4.95. The van der Waals surface area contributed by atoms with Crippen molar-refractivity contribution >= 4 is 17.5 Å². The van der Waals surface area contributed by atoms with E-state index < -0.39 is 5.41 Å². The molecule has 2 aromatic rings. The molecule has 0 atom stereocenters. The van der Waals surface area contributed by atoms with Gasteiger partial charge in [-0.1, -0.05) is 18.2 Å². The number of ether oxygens (including phenoxy) is 1. The summed E-state index contributed by atoms with van der Waals surface area (Å²) < 4.78 is 5.67. The van der Waals surface area contributed by atoms with Crippen LogP contribution in [0.15, 0.2) is 42.5 Å². The maximum absolute atomic E-state index is 12.5. The monoisotopic (exact) mass is 381 g/mol. The van der Waals surface area contributed by atoms with Gasteiger partial charge in [-0.15, -0.1) is 0 Å². The smallest absolute Gasteiger partial charge is 0.251 e. The van der Waals surface area contributed by atoms with Gasteiger partial charge in [0, 0.05) is 24.3 Å². The number of rotatable bonds is 7. The Morgan fingerprint density at radius 3 is 2.54 bits per heavy atom. The minimum Gasteiger partial charge on any atom is -0.492 e. The molecule has 0 radical (unpaired) electrons. The van der Waals surface area contributed by atoms with Crippen molar-refractivity contribution in [2.24, 2.45) is 0 Å². The van der Waals surface area contributed by atoms with Crippen LogP contribution in [0.4, 0.5) is 5.69 Å². The number of carbonyl (C=O) groups is 2. The van der Waals surface area contributed by atoms with Crippen molar-refractivity contribution in [3.05, 3.63) is 59.2 Å². The van der Waals surface area contributed by atoms with E-state index in [-0.39, 0.29) is 11.8 Å². The van der Waals surface area contributed by atoms with Gasteiger partial charge in [-0.3, -0.25) is 9.59 Å². The molecule has 1 heterocycles. The zero-order chi connectivity index (χ0) is 20.3. The van der Waals surface area contributed by atoms with Crippen LogP contribution in [0.5, 0.6) is 5.75 Å². The van der Waals surface area contributed by atoms with Gasteiger partial charge in [-0.05, 0) is 63.3 Å². The van der Waals surface area contributed by atoms with Gasteiger partial charge in [0.1, 0.15) is 12.4 Å². The quantitative estimate of drug-likeness (QED) is 0.774. The van der Waals surface area contributed by atoms with Gasteiger partial charge in [0.2, 0.25) is 5.91 Å². The first-order valence-corrected chi connectivity index (χ1v) is 9.38. The Labute approximate surface area is 165 Å². The van der Waals surface area contributed by atoms with Gasteiger partial charge in [-0.25, -0.2) is 0 Å². The van der Waals surface area contributed by atoms with Crippen LogP contribution >= 0.6 is 0 Å². The van der Waals surface area contributed by atoms with Gasteiger partial charge in [0.25, 0.3) is 5.91 Å². The molecule has 0 aliphatic carbocycles. The predicted molar refractivity (Wildman–Crippen MR) is 110 cm³/mol. The topological polar surface area (TPSA) is 70.7 Å². The largest absolute Gasteiger partial charge is 0.492 e. The van der Waals surface area contributed by atoms with E-state index in [0.29, 0.717) is 24.4 Å². The van der Waals surface area contributed by atoms with E-state index in [0.717, 1.165) is 23.4 Å². The van der Waals surface area contributed by atoms with Crippen molar-refractivity contribution in [3.63, 3.8) is 0 Å². The summed E-state index contributed by atoms with van der Waals surface area (Å²) >= 11 is 0. The van der Waals surface area contributed by atoms with Crippen LogP contribution < -0.4 is 15.4 Å². The van der Waals surface area contributed by atoms with Gasteiger partial charge in [-0.2, -0.15) is 0 Å². The van der Waals surface area contributed by atoms with E-state index >= 15 is 0 Å². The number of fused-ring (bicyclic) bond motifs is 1. The van der Waals surface area contributed by atoms with E-state index in [4.69, 9.17) is 4.74 Å². The molecular weight excluding hydrogens is 354 g/mol. The summed E-state index contributed by atoms with van der Waals surface area (Å²) in [4.78, 5) is 26.6. The Morgan fingerprint density at radius 2 is 1.86 bits per heavy atom. The zero-order valence-electron chi connectivity index (χ0n) is 16.8. The van der Waals surface area contributed by atoms with E-state index in [1.807, 2.05) is 58.3 Å². The number of amides is 2. The lowest BCUT2D eigenvalue weighted by molar-refractivity contribution is -0.119. The lowest BCUT2D eigenvalue weighted by atomic mass is 9.86. The molecule has 2 N–H and O–H groups in total. The number of hydrogen-bond acceptors (Lipinski definition) is 4. The first-order valence-electron chi connectivity index (χ1n) is 9.38. The molecule has 0 spiro atoms. The lowest BCUT2D eigenvalue weighted by Gasteiger charge is -2.15. The molecule has 6 heteroatoms. The fourth-order valence-corrected chi connectivity index (χ4v) is 3.07. The van der Waals surface area contributed by atoms with Crippen molar-refractivity contribution in [1.82, 2.24) is 10.2 Å². The normalized spacial score (nSPS) is 14.5. The molecule has 6 nitrogen and oxygen atoms in total. The highest BCUT2D eigenvalue weighted by Crippen LogP contribution is 2.37. The molecule has 0 fully saturated rings. The average Bonchev–Trinajstić information content (AvgIpc) is 2.89. The van der Waals surface area contributed by atoms with Crippen LogP contribution in [0.25, 0.3) is 0 Å². The summed E-state index contributed by atoms with van der Waals surface area (Å²) in [6.45, 7) is 5.67. The number of nitrogens with one attached hydrogen (secondary N) is 2. The molecule has 148 valence electrons. The van der Waals surface area contributed by atoms with Gasteiger partial charge >= 0.3 is 0 Å². The van der Waals surface area contributed by atoms with Gasteiger partial charge in [0.05, 0.1) is 5.41 Å². The molecule has 28 heavy (non-hydrogen) atoms. The van der Waals surface area contributed by atoms with Crippen LogP contribution in [-0.4, -0.2) is 44.0 Å².